The first-order chi connectivity index (χ1) is 9.84. The van der Waals surface area contributed by atoms with Crippen LogP contribution in [0.25, 0.3) is 0 Å². The summed E-state index contributed by atoms with van der Waals surface area (Å²) >= 11 is 0. The van der Waals surface area contributed by atoms with Gasteiger partial charge in [0.1, 0.15) is 11.6 Å². The minimum absolute atomic E-state index is 0.00572. The highest BCUT2D eigenvalue weighted by Crippen LogP contribution is 2.36. The Labute approximate surface area is 123 Å². The number of hydrogen-bond acceptors (Lipinski definition) is 2. The van der Waals surface area contributed by atoms with Crippen molar-refractivity contribution in [2.24, 2.45) is 11.1 Å². The number of amides is 1. The van der Waals surface area contributed by atoms with E-state index in [4.69, 9.17) is 5.73 Å². The number of benzene rings is 1. The van der Waals surface area contributed by atoms with Gasteiger partial charge in [0, 0.05) is 17.6 Å². The lowest BCUT2D eigenvalue weighted by atomic mass is 9.84. The molecular weight excluding hydrogens is 274 g/mol. The van der Waals surface area contributed by atoms with Crippen LogP contribution in [0.4, 0.5) is 8.78 Å². The van der Waals surface area contributed by atoms with E-state index in [0.29, 0.717) is 0 Å². The summed E-state index contributed by atoms with van der Waals surface area (Å²) in [5.41, 5.74) is 5.43. The van der Waals surface area contributed by atoms with Crippen LogP contribution in [-0.4, -0.2) is 18.0 Å². The fraction of sp³-hybridized carbons (Fsp3) is 0.562. The summed E-state index contributed by atoms with van der Waals surface area (Å²) in [6.07, 6.45) is 2.64. The third kappa shape index (κ3) is 3.23. The smallest absolute Gasteiger partial charge is 0.227 e. The highest BCUT2D eigenvalue weighted by atomic mass is 19.1. The quantitative estimate of drug-likeness (QED) is 0.897. The minimum Gasteiger partial charge on any atom is -0.353 e. The summed E-state index contributed by atoms with van der Waals surface area (Å²) in [5.74, 6) is -1.29. The third-order valence-corrected chi connectivity index (χ3v) is 4.50. The number of rotatable bonds is 4. The maximum absolute atomic E-state index is 13.6. The molecule has 5 heteroatoms. The van der Waals surface area contributed by atoms with E-state index in [9.17, 15) is 13.6 Å². The average Bonchev–Trinajstić information content (AvgIpc) is 2.75. The molecule has 0 spiro atoms. The molecule has 1 saturated carbocycles. The van der Waals surface area contributed by atoms with E-state index in [1.807, 2.05) is 6.92 Å². The Morgan fingerprint density at radius 1 is 1.48 bits per heavy atom. The predicted octanol–water partition coefficient (Wildman–Crippen LogP) is 2.53. The Hall–Kier alpha value is -1.49. The zero-order chi connectivity index (χ0) is 15.6. The van der Waals surface area contributed by atoms with Crippen LogP contribution < -0.4 is 11.1 Å². The van der Waals surface area contributed by atoms with Gasteiger partial charge in [-0.05, 0) is 45.2 Å². The molecule has 3 nitrogen and oxygen atoms in total. The Kier molecular flexibility index (Phi) is 4.61. The topological polar surface area (TPSA) is 55.1 Å². The Morgan fingerprint density at radius 3 is 2.62 bits per heavy atom. The maximum atomic E-state index is 13.6. The lowest BCUT2D eigenvalue weighted by Gasteiger charge is -2.29. The van der Waals surface area contributed by atoms with Gasteiger partial charge in [-0.2, -0.15) is 0 Å². The molecule has 0 radical (unpaired) electrons. The van der Waals surface area contributed by atoms with Crippen LogP contribution in [0.1, 0.15) is 38.7 Å². The molecule has 0 aliphatic heterocycles. The van der Waals surface area contributed by atoms with Crippen molar-refractivity contribution in [1.82, 2.24) is 5.32 Å². The van der Waals surface area contributed by atoms with Crippen molar-refractivity contribution in [1.29, 1.82) is 0 Å². The van der Waals surface area contributed by atoms with E-state index < -0.39 is 17.0 Å². The number of nitrogens with two attached hydrogens (primary N) is 1. The number of hydrogen-bond donors (Lipinski definition) is 2. The molecule has 1 aliphatic rings. The van der Waals surface area contributed by atoms with Crippen molar-refractivity contribution in [3.63, 3.8) is 0 Å². The monoisotopic (exact) mass is 296 g/mol. The molecule has 1 aromatic carbocycles. The van der Waals surface area contributed by atoms with Crippen molar-refractivity contribution in [3.8, 4) is 0 Å². The van der Waals surface area contributed by atoms with E-state index in [0.717, 1.165) is 19.3 Å². The maximum Gasteiger partial charge on any atom is 0.227 e. The molecule has 1 amide bonds. The van der Waals surface area contributed by atoms with Crippen LogP contribution in [0.5, 0.6) is 0 Å². The first-order valence-electron chi connectivity index (χ1n) is 7.34. The predicted molar refractivity (Wildman–Crippen MR) is 77.6 cm³/mol. The van der Waals surface area contributed by atoms with Crippen LogP contribution >= 0.6 is 0 Å². The second-order valence-electron chi connectivity index (χ2n) is 6.20. The van der Waals surface area contributed by atoms with Gasteiger partial charge in [-0.25, -0.2) is 8.78 Å². The van der Waals surface area contributed by atoms with Gasteiger partial charge >= 0.3 is 0 Å². The number of nitrogens with one attached hydrogen (secondary N) is 1. The van der Waals surface area contributed by atoms with Crippen LogP contribution in [-0.2, 0) is 11.2 Å². The van der Waals surface area contributed by atoms with Gasteiger partial charge in [-0.15, -0.1) is 0 Å². The summed E-state index contributed by atoms with van der Waals surface area (Å²) in [6.45, 7) is 3.60. The SMILES string of the molecule is CC(Cc1c(F)cccc1F)NC(=O)C1(C)CCCC1N. The summed E-state index contributed by atoms with van der Waals surface area (Å²) in [7, 11) is 0. The van der Waals surface area contributed by atoms with Gasteiger partial charge in [-0.3, -0.25) is 4.79 Å². The molecule has 1 aromatic rings. The summed E-state index contributed by atoms with van der Waals surface area (Å²) < 4.78 is 27.2. The molecule has 3 atom stereocenters. The van der Waals surface area contributed by atoms with Crippen molar-refractivity contribution < 1.29 is 13.6 Å². The van der Waals surface area contributed by atoms with E-state index in [1.165, 1.54) is 18.2 Å². The zero-order valence-corrected chi connectivity index (χ0v) is 12.5. The molecule has 0 bridgehead atoms. The standard InChI is InChI=1S/C16H22F2N2O/c1-10(9-11-12(17)5-3-6-13(11)18)20-15(21)16(2)8-4-7-14(16)19/h3,5-6,10,14H,4,7-9,19H2,1-2H3,(H,20,21). The van der Waals surface area contributed by atoms with Crippen molar-refractivity contribution in [3.05, 3.63) is 35.4 Å². The lowest BCUT2D eigenvalue weighted by molar-refractivity contribution is -0.131. The normalized spacial score (nSPS) is 26.6. The van der Waals surface area contributed by atoms with Gasteiger partial charge in [0.15, 0.2) is 0 Å². The molecule has 21 heavy (non-hydrogen) atoms. The molecule has 1 aliphatic carbocycles. The Morgan fingerprint density at radius 2 is 2.10 bits per heavy atom. The van der Waals surface area contributed by atoms with E-state index in [2.05, 4.69) is 5.32 Å². The molecule has 1 fully saturated rings. The Bertz CT molecular complexity index is 515. The molecule has 0 aromatic heterocycles. The lowest BCUT2D eigenvalue weighted by Crippen LogP contribution is -2.50. The first kappa shape index (κ1) is 15.9. The van der Waals surface area contributed by atoms with E-state index in [-0.39, 0.29) is 30.0 Å². The van der Waals surface area contributed by atoms with Crippen molar-refractivity contribution in [2.75, 3.05) is 0 Å². The van der Waals surface area contributed by atoms with Crippen molar-refractivity contribution >= 4 is 5.91 Å². The van der Waals surface area contributed by atoms with Gasteiger partial charge < -0.3 is 11.1 Å². The van der Waals surface area contributed by atoms with Crippen LogP contribution in [0.2, 0.25) is 0 Å². The van der Waals surface area contributed by atoms with Crippen LogP contribution in [0.3, 0.4) is 0 Å². The minimum atomic E-state index is -0.583. The summed E-state index contributed by atoms with van der Waals surface area (Å²) in [6, 6.07) is 3.27. The van der Waals surface area contributed by atoms with E-state index in [1.54, 1.807) is 6.92 Å². The molecule has 2 rings (SSSR count). The molecule has 116 valence electrons. The van der Waals surface area contributed by atoms with Crippen LogP contribution in [0.15, 0.2) is 18.2 Å². The fourth-order valence-electron chi connectivity index (χ4n) is 2.95. The van der Waals surface area contributed by atoms with Crippen molar-refractivity contribution in [2.45, 2.75) is 51.6 Å². The van der Waals surface area contributed by atoms with Gasteiger partial charge in [0.2, 0.25) is 5.91 Å². The summed E-state index contributed by atoms with van der Waals surface area (Å²) in [4.78, 5) is 12.4. The third-order valence-electron chi connectivity index (χ3n) is 4.50. The van der Waals surface area contributed by atoms with Gasteiger partial charge in [0.25, 0.3) is 0 Å². The second kappa shape index (κ2) is 6.10. The largest absolute Gasteiger partial charge is 0.353 e. The van der Waals surface area contributed by atoms with E-state index >= 15 is 0 Å². The average molecular weight is 296 g/mol. The molecular formula is C16H22F2N2O. The highest BCUT2D eigenvalue weighted by molar-refractivity contribution is 5.83. The molecule has 3 unspecified atom stereocenters. The highest BCUT2D eigenvalue weighted by Gasteiger charge is 2.43. The Balaban J connectivity index is 2.02. The van der Waals surface area contributed by atoms with Crippen LogP contribution in [0, 0.1) is 17.0 Å². The number of halogens is 2. The summed E-state index contributed by atoms with van der Waals surface area (Å²) in [5, 5.41) is 2.84. The van der Waals surface area contributed by atoms with Gasteiger partial charge in [-0.1, -0.05) is 12.5 Å². The molecule has 0 heterocycles. The second-order valence-corrected chi connectivity index (χ2v) is 6.20. The number of carbonyl (C=O) groups excluding carboxylic acids is 1. The number of carbonyl (C=O) groups is 1. The zero-order valence-electron chi connectivity index (χ0n) is 12.5. The first-order valence-corrected chi connectivity index (χ1v) is 7.34. The van der Waals surface area contributed by atoms with Gasteiger partial charge in [0.05, 0.1) is 5.41 Å². The molecule has 3 N–H and O–H groups in total. The molecule has 0 saturated heterocycles. The fourth-order valence-corrected chi connectivity index (χ4v) is 2.95.